The van der Waals surface area contributed by atoms with Gasteiger partial charge in [0, 0.05) is 30.4 Å². The largest absolute Gasteiger partial charge is 0.494 e. The molecule has 0 heterocycles. The first-order chi connectivity index (χ1) is 13.1. The van der Waals surface area contributed by atoms with Crippen LogP contribution in [0.15, 0.2) is 54.6 Å². The Balaban J connectivity index is 2.01. The highest BCUT2D eigenvalue weighted by Crippen LogP contribution is 2.15. The number of amides is 2. The predicted molar refractivity (Wildman–Crippen MR) is 109 cm³/mol. The summed E-state index contributed by atoms with van der Waals surface area (Å²) in [6, 6.07) is 14.5. The average molecular weight is 366 g/mol. The highest BCUT2D eigenvalue weighted by atomic mass is 16.5. The lowest BCUT2D eigenvalue weighted by atomic mass is 10.1. The number of carbonyl (C=O) groups excluding carboxylic acids is 2. The summed E-state index contributed by atoms with van der Waals surface area (Å²) in [7, 11) is 0. The van der Waals surface area contributed by atoms with Crippen molar-refractivity contribution in [3.8, 4) is 5.75 Å². The summed E-state index contributed by atoms with van der Waals surface area (Å²) < 4.78 is 5.39. The van der Waals surface area contributed by atoms with E-state index >= 15 is 0 Å². The van der Waals surface area contributed by atoms with Crippen molar-refractivity contribution < 1.29 is 14.3 Å². The van der Waals surface area contributed by atoms with Gasteiger partial charge >= 0.3 is 0 Å². The quantitative estimate of drug-likeness (QED) is 0.712. The second-order valence-corrected chi connectivity index (χ2v) is 5.88. The van der Waals surface area contributed by atoms with Gasteiger partial charge in [-0.25, -0.2) is 0 Å². The van der Waals surface area contributed by atoms with E-state index < -0.39 is 0 Å². The van der Waals surface area contributed by atoms with E-state index in [-0.39, 0.29) is 11.8 Å². The number of anilines is 1. The van der Waals surface area contributed by atoms with Crippen molar-refractivity contribution >= 4 is 23.6 Å². The average Bonchev–Trinajstić information content (AvgIpc) is 2.69. The zero-order valence-corrected chi connectivity index (χ0v) is 16.1. The summed E-state index contributed by atoms with van der Waals surface area (Å²) in [6.07, 6.45) is 3.20. The molecule has 1 N–H and O–H groups in total. The molecule has 0 aromatic heterocycles. The summed E-state index contributed by atoms with van der Waals surface area (Å²) in [5.74, 6) is 0.506. The Bertz CT molecular complexity index is 793. The minimum Gasteiger partial charge on any atom is -0.494 e. The number of hydrogen-bond acceptors (Lipinski definition) is 3. The van der Waals surface area contributed by atoms with Crippen molar-refractivity contribution in [2.45, 2.75) is 20.8 Å². The van der Waals surface area contributed by atoms with Crippen molar-refractivity contribution in [3.63, 3.8) is 0 Å². The highest BCUT2D eigenvalue weighted by Gasteiger charge is 2.12. The minimum atomic E-state index is -0.253. The summed E-state index contributed by atoms with van der Waals surface area (Å²) in [4.78, 5) is 26.3. The Morgan fingerprint density at radius 3 is 2.37 bits per heavy atom. The van der Waals surface area contributed by atoms with Gasteiger partial charge in [-0.3, -0.25) is 9.59 Å². The van der Waals surface area contributed by atoms with Gasteiger partial charge in [-0.05, 0) is 62.7 Å². The zero-order chi connectivity index (χ0) is 19.6. The molecule has 2 aromatic rings. The van der Waals surface area contributed by atoms with E-state index in [0.29, 0.717) is 30.9 Å². The van der Waals surface area contributed by atoms with Gasteiger partial charge < -0.3 is 15.0 Å². The molecular weight excluding hydrogens is 340 g/mol. The first-order valence-corrected chi connectivity index (χ1v) is 9.18. The van der Waals surface area contributed by atoms with Crippen molar-refractivity contribution in [1.29, 1.82) is 0 Å². The second-order valence-electron chi connectivity index (χ2n) is 5.88. The van der Waals surface area contributed by atoms with Crippen LogP contribution in [0.5, 0.6) is 5.75 Å². The SMILES string of the molecule is CCOc1ccc(C=CC(=O)Nc2cccc(C(=O)N(CC)CC)c2)cc1. The van der Waals surface area contributed by atoms with Gasteiger partial charge in [-0.1, -0.05) is 18.2 Å². The maximum absolute atomic E-state index is 12.4. The molecule has 0 unspecified atom stereocenters. The van der Waals surface area contributed by atoms with Gasteiger partial charge in [0.15, 0.2) is 0 Å². The Morgan fingerprint density at radius 1 is 1.04 bits per heavy atom. The van der Waals surface area contributed by atoms with Crippen LogP contribution >= 0.6 is 0 Å². The first-order valence-electron chi connectivity index (χ1n) is 9.18. The van der Waals surface area contributed by atoms with E-state index in [1.807, 2.05) is 45.0 Å². The third-order valence-electron chi connectivity index (χ3n) is 4.05. The molecule has 0 aliphatic heterocycles. The molecule has 0 fully saturated rings. The van der Waals surface area contributed by atoms with Crippen molar-refractivity contribution in [3.05, 3.63) is 65.7 Å². The Morgan fingerprint density at radius 2 is 1.74 bits per heavy atom. The van der Waals surface area contributed by atoms with E-state index in [0.717, 1.165) is 11.3 Å². The van der Waals surface area contributed by atoms with Gasteiger partial charge in [0.1, 0.15) is 5.75 Å². The molecule has 2 aromatic carbocycles. The molecule has 0 spiro atoms. The van der Waals surface area contributed by atoms with Crippen LogP contribution in [0.25, 0.3) is 6.08 Å². The third kappa shape index (κ3) is 5.99. The molecule has 5 nitrogen and oxygen atoms in total. The zero-order valence-electron chi connectivity index (χ0n) is 16.1. The summed E-state index contributed by atoms with van der Waals surface area (Å²) in [5.41, 5.74) is 2.06. The van der Waals surface area contributed by atoms with Crippen LogP contribution in [0.1, 0.15) is 36.7 Å². The lowest BCUT2D eigenvalue weighted by Crippen LogP contribution is -2.30. The summed E-state index contributed by atoms with van der Waals surface area (Å²) in [5, 5.41) is 2.79. The third-order valence-corrected chi connectivity index (χ3v) is 4.05. The number of ether oxygens (including phenoxy) is 1. The lowest BCUT2D eigenvalue weighted by Gasteiger charge is -2.18. The topological polar surface area (TPSA) is 58.6 Å². The van der Waals surface area contributed by atoms with Crippen LogP contribution in [-0.2, 0) is 4.79 Å². The predicted octanol–water partition coefficient (Wildman–Crippen LogP) is 4.22. The van der Waals surface area contributed by atoms with Gasteiger partial charge in [0.05, 0.1) is 6.61 Å². The minimum absolute atomic E-state index is 0.0407. The highest BCUT2D eigenvalue weighted by molar-refractivity contribution is 6.03. The molecule has 0 atom stereocenters. The fourth-order valence-corrected chi connectivity index (χ4v) is 2.62. The normalized spacial score (nSPS) is 10.6. The molecule has 142 valence electrons. The van der Waals surface area contributed by atoms with Gasteiger partial charge in [-0.15, -0.1) is 0 Å². The number of carbonyl (C=O) groups is 2. The monoisotopic (exact) mass is 366 g/mol. The maximum Gasteiger partial charge on any atom is 0.253 e. The molecule has 27 heavy (non-hydrogen) atoms. The van der Waals surface area contributed by atoms with Crippen LogP contribution in [0, 0.1) is 0 Å². The Hall–Kier alpha value is -3.08. The maximum atomic E-state index is 12.4. The molecule has 0 radical (unpaired) electrons. The van der Waals surface area contributed by atoms with Crippen LogP contribution in [0.3, 0.4) is 0 Å². The van der Waals surface area contributed by atoms with E-state index in [1.165, 1.54) is 6.08 Å². The van der Waals surface area contributed by atoms with Gasteiger partial charge in [-0.2, -0.15) is 0 Å². The number of benzene rings is 2. The Kier molecular flexibility index (Phi) is 7.62. The van der Waals surface area contributed by atoms with Crippen LogP contribution in [0.4, 0.5) is 5.69 Å². The van der Waals surface area contributed by atoms with E-state index in [2.05, 4.69) is 5.32 Å². The van der Waals surface area contributed by atoms with Gasteiger partial charge in [0.25, 0.3) is 5.91 Å². The Labute approximate surface area is 160 Å². The summed E-state index contributed by atoms with van der Waals surface area (Å²) >= 11 is 0. The van der Waals surface area contributed by atoms with Crippen LogP contribution in [-0.4, -0.2) is 36.4 Å². The van der Waals surface area contributed by atoms with Gasteiger partial charge in [0.2, 0.25) is 5.91 Å². The molecule has 5 heteroatoms. The molecule has 2 rings (SSSR count). The number of nitrogens with zero attached hydrogens (tertiary/aromatic N) is 1. The molecule has 2 amide bonds. The smallest absolute Gasteiger partial charge is 0.253 e. The van der Waals surface area contributed by atoms with Crippen molar-refractivity contribution in [1.82, 2.24) is 4.90 Å². The number of rotatable bonds is 8. The van der Waals surface area contributed by atoms with Crippen LogP contribution in [0.2, 0.25) is 0 Å². The summed E-state index contributed by atoms with van der Waals surface area (Å²) in [6.45, 7) is 7.74. The standard InChI is InChI=1S/C22H26N2O3/c1-4-24(5-2)22(26)18-8-7-9-19(16-18)23-21(25)15-12-17-10-13-20(14-11-17)27-6-3/h7-16H,4-6H2,1-3H3,(H,23,25). The first kappa shape index (κ1) is 20.2. The van der Waals surface area contributed by atoms with E-state index in [4.69, 9.17) is 4.74 Å². The number of nitrogens with one attached hydrogen (secondary N) is 1. The molecule has 0 aliphatic rings. The molecule has 0 saturated heterocycles. The van der Waals surface area contributed by atoms with Crippen LogP contribution < -0.4 is 10.1 Å². The van der Waals surface area contributed by atoms with Crippen molar-refractivity contribution in [2.75, 3.05) is 25.0 Å². The molecular formula is C22H26N2O3. The molecule has 0 bridgehead atoms. The van der Waals surface area contributed by atoms with E-state index in [1.54, 1.807) is 35.2 Å². The fourth-order valence-electron chi connectivity index (χ4n) is 2.62. The second kappa shape index (κ2) is 10.2. The number of hydrogen-bond donors (Lipinski definition) is 1. The lowest BCUT2D eigenvalue weighted by molar-refractivity contribution is -0.111. The molecule has 0 aliphatic carbocycles. The van der Waals surface area contributed by atoms with Crippen molar-refractivity contribution in [2.24, 2.45) is 0 Å². The van der Waals surface area contributed by atoms with E-state index in [9.17, 15) is 9.59 Å². The molecule has 0 saturated carbocycles. The fraction of sp³-hybridized carbons (Fsp3) is 0.273.